The van der Waals surface area contributed by atoms with E-state index in [1.54, 1.807) is 0 Å². The quantitative estimate of drug-likeness (QED) is 0.881. The van der Waals surface area contributed by atoms with Crippen molar-refractivity contribution in [3.8, 4) is 0 Å². The predicted octanol–water partition coefficient (Wildman–Crippen LogP) is 2.04. The number of nitrogens with two attached hydrogens (primary N) is 1. The number of aromatic nitrogens is 1. The molecule has 5 nitrogen and oxygen atoms in total. The van der Waals surface area contributed by atoms with Gasteiger partial charge < -0.3 is 15.6 Å². The minimum Gasteiger partial charge on any atom is -0.361 e. The Morgan fingerprint density at radius 3 is 2.57 bits per heavy atom. The monoisotopic (exact) mass is 287 g/mol. The summed E-state index contributed by atoms with van der Waals surface area (Å²) < 4.78 is 5.12. The molecule has 2 aromatic rings. The Balaban J connectivity index is 1.98. The van der Waals surface area contributed by atoms with Crippen LogP contribution in [0.4, 0.5) is 0 Å². The first-order valence-corrected chi connectivity index (χ1v) is 7.01. The van der Waals surface area contributed by atoms with Gasteiger partial charge in [0.05, 0.1) is 17.8 Å². The van der Waals surface area contributed by atoms with Gasteiger partial charge in [-0.05, 0) is 32.8 Å². The second kappa shape index (κ2) is 6.54. The summed E-state index contributed by atoms with van der Waals surface area (Å²) in [7, 11) is 0. The Morgan fingerprint density at radius 2 is 2.00 bits per heavy atom. The molecule has 1 aromatic carbocycles. The molecule has 1 aromatic heterocycles. The largest absolute Gasteiger partial charge is 0.361 e. The first-order valence-electron chi connectivity index (χ1n) is 7.01. The Hall–Kier alpha value is -2.14. The van der Waals surface area contributed by atoms with Crippen LogP contribution in [0.3, 0.4) is 0 Å². The standard InChI is InChI=1S/C16H21N3O2/c1-10(15-11(2)19-21-12(15)3)18-16(20)14(17)9-13-7-5-4-6-8-13/h4-8,10,14H,9,17H2,1-3H3,(H,18,20). The first kappa shape index (κ1) is 15.3. The molecular formula is C16H21N3O2. The molecule has 0 aliphatic carbocycles. The van der Waals surface area contributed by atoms with Crippen LogP contribution >= 0.6 is 0 Å². The van der Waals surface area contributed by atoms with Crippen molar-refractivity contribution in [1.82, 2.24) is 10.5 Å². The van der Waals surface area contributed by atoms with Gasteiger partial charge >= 0.3 is 0 Å². The van der Waals surface area contributed by atoms with Crippen LogP contribution in [-0.4, -0.2) is 17.1 Å². The lowest BCUT2D eigenvalue weighted by Gasteiger charge is -2.17. The normalized spacial score (nSPS) is 13.7. The maximum absolute atomic E-state index is 12.2. The van der Waals surface area contributed by atoms with Crippen LogP contribution in [0, 0.1) is 13.8 Å². The highest BCUT2D eigenvalue weighted by atomic mass is 16.5. The number of nitrogens with zero attached hydrogens (tertiary/aromatic N) is 1. The molecule has 0 aliphatic rings. The van der Waals surface area contributed by atoms with Crippen molar-refractivity contribution in [2.45, 2.75) is 39.3 Å². The number of benzene rings is 1. The predicted molar refractivity (Wildman–Crippen MR) is 80.7 cm³/mol. The van der Waals surface area contributed by atoms with E-state index in [1.165, 1.54) is 0 Å². The summed E-state index contributed by atoms with van der Waals surface area (Å²) in [6.45, 7) is 5.60. The number of amides is 1. The summed E-state index contributed by atoms with van der Waals surface area (Å²) in [6.07, 6.45) is 0.515. The molecule has 1 amide bonds. The van der Waals surface area contributed by atoms with Gasteiger partial charge in [-0.1, -0.05) is 35.5 Å². The number of hydrogen-bond donors (Lipinski definition) is 2. The third-order valence-electron chi connectivity index (χ3n) is 3.52. The van der Waals surface area contributed by atoms with Crippen LogP contribution in [-0.2, 0) is 11.2 Å². The van der Waals surface area contributed by atoms with Gasteiger partial charge in [0.1, 0.15) is 5.76 Å². The zero-order valence-electron chi connectivity index (χ0n) is 12.6. The Morgan fingerprint density at radius 1 is 1.33 bits per heavy atom. The summed E-state index contributed by atoms with van der Waals surface area (Å²) >= 11 is 0. The van der Waals surface area contributed by atoms with Crippen LogP contribution in [0.1, 0.15) is 35.5 Å². The summed E-state index contributed by atoms with van der Waals surface area (Å²) in [5, 5.41) is 6.82. The third-order valence-corrected chi connectivity index (χ3v) is 3.52. The summed E-state index contributed by atoms with van der Waals surface area (Å²) in [6, 6.07) is 8.99. The van der Waals surface area contributed by atoms with E-state index in [0.29, 0.717) is 6.42 Å². The molecule has 0 saturated carbocycles. The number of nitrogens with one attached hydrogen (secondary N) is 1. The summed E-state index contributed by atoms with van der Waals surface area (Å²) in [4.78, 5) is 12.2. The second-order valence-electron chi connectivity index (χ2n) is 5.26. The van der Waals surface area contributed by atoms with Crippen LogP contribution < -0.4 is 11.1 Å². The zero-order chi connectivity index (χ0) is 15.4. The van der Waals surface area contributed by atoms with Gasteiger partial charge in [-0.2, -0.15) is 0 Å². The lowest BCUT2D eigenvalue weighted by Crippen LogP contribution is -2.43. The SMILES string of the molecule is Cc1noc(C)c1C(C)NC(=O)C(N)Cc1ccccc1. The molecular weight excluding hydrogens is 266 g/mol. The fourth-order valence-corrected chi connectivity index (χ4v) is 2.46. The molecule has 1 heterocycles. The number of carbonyl (C=O) groups excluding carboxylic acids is 1. The molecule has 0 aliphatic heterocycles. The minimum atomic E-state index is -0.574. The first-order chi connectivity index (χ1) is 9.99. The topological polar surface area (TPSA) is 81.2 Å². The molecule has 2 atom stereocenters. The average molecular weight is 287 g/mol. The smallest absolute Gasteiger partial charge is 0.237 e. The van der Waals surface area contributed by atoms with Gasteiger partial charge in [-0.25, -0.2) is 0 Å². The van der Waals surface area contributed by atoms with E-state index in [0.717, 1.165) is 22.6 Å². The average Bonchev–Trinajstić information content (AvgIpc) is 2.79. The summed E-state index contributed by atoms with van der Waals surface area (Å²) in [5.74, 6) is 0.545. The number of carbonyl (C=O) groups is 1. The van der Waals surface area contributed by atoms with E-state index in [1.807, 2.05) is 51.1 Å². The zero-order valence-corrected chi connectivity index (χ0v) is 12.6. The number of rotatable bonds is 5. The van der Waals surface area contributed by atoms with Gasteiger partial charge in [0.15, 0.2) is 0 Å². The molecule has 112 valence electrons. The van der Waals surface area contributed by atoms with Crippen molar-refractivity contribution >= 4 is 5.91 Å². The van der Waals surface area contributed by atoms with E-state index in [4.69, 9.17) is 10.3 Å². The van der Waals surface area contributed by atoms with Crippen molar-refractivity contribution in [2.75, 3.05) is 0 Å². The fourth-order valence-electron chi connectivity index (χ4n) is 2.46. The lowest BCUT2D eigenvalue weighted by molar-refractivity contribution is -0.123. The van der Waals surface area contributed by atoms with Crippen molar-refractivity contribution in [2.24, 2.45) is 5.73 Å². The highest BCUT2D eigenvalue weighted by molar-refractivity contribution is 5.82. The molecule has 0 bridgehead atoms. The van der Waals surface area contributed by atoms with E-state index >= 15 is 0 Å². The fraction of sp³-hybridized carbons (Fsp3) is 0.375. The van der Waals surface area contributed by atoms with E-state index in [-0.39, 0.29) is 11.9 Å². The van der Waals surface area contributed by atoms with Gasteiger partial charge in [0.2, 0.25) is 5.91 Å². The Bertz CT molecular complexity index is 588. The van der Waals surface area contributed by atoms with Crippen LogP contribution in [0.5, 0.6) is 0 Å². The number of hydrogen-bond acceptors (Lipinski definition) is 4. The molecule has 0 fully saturated rings. The minimum absolute atomic E-state index is 0.175. The second-order valence-corrected chi connectivity index (χ2v) is 5.26. The Kier molecular flexibility index (Phi) is 4.75. The maximum atomic E-state index is 12.2. The Labute approximate surface area is 124 Å². The summed E-state index contributed by atoms with van der Waals surface area (Å²) in [5.41, 5.74) is 8.72. The van der Waals surface area contributed by atoms with Gasteiger partial charge in [0, 0.05) is 5.56 Å². The molecule has 0 saturated heterocycles. The van der Waals surface area contributed by atoms with Gasteiger partial charge in [0.25, 0.3) is 0 Å². The molecule has 21 heavy (non-hydrogen) atoms. The molecule has 5 heteroatoms. The molecule has 2 rings (SSSR count). The van der Waals surface area contributed by atoms with Crippen molar-refractivity contribution in [1.29, 1.82) is 0 Å². The maximum Gasteiger partial charge on any atom is 0.237 e. The molecule has 0 spiro atoms. The van der Waals surface area contributed by atoms with Crippen molar-refractivity contribution in [3.63, 3.8) is 0 Å². The van der Waals surface area contributed by atoms with Crippen LogP contribution in [0.25, 0.3) is 0 Å². The van der Waals surface area contributed by atoms with Crippen molar-refractivity contribution in [3.05, 3.63) is 52.9 Å². The highest BCUT2D eigenvalue weighted by Crippen LogP contribution is 2.20. The lowest BCUT2D eigenvalue weighted by atomic mass is 10.0. The highest BCUT2D eigenvalue weighted by Gasteiger charge is 2.21. The molecule has 3 N–H and O–H groups in total. The van der Waals surface area contributed by atoms with E-state index < -0.39 is 6.04 Å². The molecule has 0 radical (unpaired) electrons. The number of aryl methyl sites for hydroxylation is 2. The van der Waals surface area contributed by atoms with Gasteiger partial charge in [-0.3, -0.25) is 4.79 Å². The van der Waals surface area contributed by atoms with Crippen LogP contribution in [0.15, 0.2) is 34.9 Å². The third kappa shape index (κ3) is 3.70. The van der Waals surface area contributed by atoms with E-state index in [9.17, 15) is 4.79 Å². The van der Waals surface area contributed by atoms with Gasteiger partial charge in [-0.15, -0.1) is 0 Å². The van der Waals surface area contributed by atoms with Crippen LogP contribution in [0.2, 0.25) is 0 Å². The van der Waals surface area contributed by atoms with E-state index in [2.05, 4.69) is 10.5 Å². The van der Waals surface area contributed by atoms with Crippen molar-refractivity contribution < 1.29 is 9.32 Å². The molecule has 2 unspecified atom stereocenters.